The number of fused-ring (bicyclic) bond motifs is 1. The Bertz CT molecular complexity index is 1030. The molecule has 33 heavy (non-hydrogen) atoms. The van der Waals surface area contributed by atoms with Crippen LogP contribution in [0.4, 0.5) is 0 Å². The molecule has 1 atom stereocenters. The van der Waals surface area contributed by atoms with E-state index in [1.54, 1.807) is 11.0 Å². The van der Waals surface area contributed by atoms with Gasteiger partial charge in [0.2, 0.25) is 5.78 Å². The molecule has 1 fully saturated rings. The molecule has 1 aliphatic rings. The summed E-state index contributed by atoms with van der Waals surface area (Å²) in [6.45, 7) is 13.8. The summed E-state index contributed by atoms with van der Waals surface area (Å²) >= 11 is 0. The number of nitrogens with zero attached hydrogens (tertiary/aromatic N) is 2. The summed E-state index contributed by atoms with van der Waals surface area (Å²) in [5.74, 6) is -0.129. The van der Waals surface area contributed by atoms with Gasteiger partial charge in [-0.25, -0.2) is 0 Å². The van der Waals surface area contributed by atoms with Gasteiger partial charge >= 0.3 is 0 Å². The summed E-state index contributed by atoms with van der Waals surface area (Å²) in [7, 11) is -1.22. The lowest BCUT2D eigenvalue weighted by molar-refractivity contribution is 0.0303. The minimum atomic E-state index is -1.22. The molecule has 3 rings (SSSR count). The first-order valence-corrected chi connectivity index (χ1v) is 15.4. The van der Waals surface area contributed by atoms with Crippen LogP contribution in [-0.2, 0) is 16.2 Å². The van der Waals surface area contributed by atoms with Crippen LogP contribution in [0.1, 0.15) is 34.7 Å². The number of amides is 1. The first-order valence-electron chi connectivity index (χ1n) is 11.7. The molecule has 2 heterocycles. The number of carbonyl (C=O) groups excluding carboxylic acids is 2. The van der Waals surface area contributed by atoms with Crippen molar-refractivity contribution in [2.45, 2.75) is 52.3 Å². The van der Waals surface area contributed by atoms with E-state index < -0.39 is 8.07 Å². The number of morpholine rings is 1. The Labute approximate surface area is 197 Å². The zero-order valence-electron chi connectivity index (χ0n) is 20.5. The van der Waals surface area contributed by atoms with E-state index in [1.165, 1.54) is 0 Å². The maximum absolute atomic E-state index is 13.4. The Morgan fingerprint density at radius 3 is 2.52 bits per heavy atom. The first-order chi connectivity index (χ1) is 15.6. The van der Waals surface area contributed by atoms with Gasteiger partial charge in [-0.2, -0.15) is 0 Å². The molecule has 2 N–H and O–H groups in total. The van der Waals surface area contributed by atoms with Gasteiger partial charge in [0.25, 0.3) is 5.91 Å². The Kier molecular flexibility index (Phi) is 8.28. The fourth-order valence-electron chi connectivity index (χ4n) is 3.96. The van der Waals surface area contributed by atoms with Crippen LogP contribution >= 0.6 is 0 Å². The predicted molar refractivity (Wildman–Crippen MR) is 135 cm³/mol. The second kappa shape index (κ2) is 10.8. The number of nitrogens with two attached hydrogens (primary N) is 1. The van der Waals surface area contributed by atoms with Crippen LogP contribution in [0, 0.1) is 0 Å². The number of ketones is 1. The molecule has 0 saturated carbocycles. The standard InChI is InChI=1S/C25H37N3O4Si/c1-6-21(18(2)26)24(29)23-16-20-15-19(25(30)27-9-11-31-12-10-27)7-8-22(20)28(23)17-32-13-14-33(3,4)5/h6-8,15-16,18H,9-14,17,26H2,1-5H3. The van der Waals surface area contributed by atoms with Crippen LogP contribution in [0.25, 0.3) is 10.9 Å². The topological polar surface area (TPSA) is 86.8 Å². The molecule has 1 aromatic heterocycles. The highest BCUT2D eigenvalue weighted by Crippen LogP contribution is 2.25. The van der Waals surface area contributed by atoms with Crippen LogP contribution in [0.2, 0.25) is 25.7 Å². The summed E-state index contributed by atoms with van der Waals surface area (Å²) in [4.78, 5) is 28.1. The largest absolute Gasteiger partial charge is 0.378 e. The fraction of sp³-hybridized carbons (Fsp3) is 0.520. The summed E-state index contributed by atoms with van der Waals surface area (Å²) in [5, 5.41) is 0.839. The van der Waals surface area contributed by atoms with Crippen LogP contribution in [0.3, 0.4) is 0 Å². The number of Topliss-reactive ketones (excluding diaryl/α,β-unsaturated/α-hetero) is 1. The number of ether oxygens (including phenoxy) is 2. The number of allylic oxidation sites excluding steroid dienone is 1. The molecule has 0 radical (unpaired) electrons. The van der Waals surface area contributed by atoms with Gasteiger partial charge in [0.1, 0.15) is 6.73 Å². The van der Waals surface area contributed by atoms with Gasteiger partial charge in [0.05, 0.1) is 24.4 Å². The lowest BCUT2D eigenvalue weighted by Crippen LogP contribution is -2.40. The van der Waals surface area contributed by atoms with Crippen LogP contribution in [-0.4, -0.2) is 68.2 Å². The predicted octanol–water partition coefficient (Wildman–Crippen LogP) is 3.90. The molecular weight excluding hydrogens is 434 g/mol. The van der Waals surface area contributed by atoms with Gasteiger partial charge < -0.3 is 24.7 Å². The third-order valence-corrected chi connectivity index (χ3v) is 7.66. The second-order valence-corrected chi connectivity index (χ2v) is 15.5. The molecule has 0 aliphatic carbocycles. The van der Waals surface area contributed by atoms with Crippen molar-refractivity contribution < 1.29 is 19.1 Å². The van der Waals surface area contributed by atoms with E-state index in [-0.39, 0.29) is 24.5 Å². The zero-order chi connectivity index (χ0) is 24.2. The van der Waals surface area contributed by atoms with Crippen molar-refractivity contribution in [1.82, 2.24) is 9.47 Å². The van der Waals surface area contributed by atoms with E-state index in [1.807, 2.05) is 42.7 Å². The Balaban J connectivity index is 1.95. The number of rotatable bonds is 9. The molecule has 0 bridgehead atoms. The van der Waals surface area contributed by atoms with E-state index in [2.05, 4.69) is 19.6 Å². The Hall–Kier alpha value is -2.26. The molecule has 1 unspecified atom stereocenters. The van der Waals surface area contributed by atoms with Gasteiger partial charge in [-0.15, -0.1) is 0 Å². The zero-order valence-corrected chi connectivity index (χ0v) is 21.5. The average Bonchev–Trinajstić information content (AvgIpc) is 3.14. The first kappa shape index (κ1) is 25.4. The average molecular weight is 472 g/mol. The lowest BCUT2D eigenvalue weighted by Gasteiger charge is -2.26. The molecule has 1 aliphatic heterocycles. The number of carbonyl (C=O) groups is 2. The summed E-state index contributed by atoms with van der Waals surface area (Å²) in [6.07, 6.45) is 1.77. The van der Waals surface area contributed by atoms with E-state index in [0.29, 0.717) is 49.7 Å². The van der Waals surface area contributed by atoms with Gasteiger partial charge in [-0.3, -0.25) is 9.59 Å². The molecule has 7 nitrogen and oxygen atoms in total. The maximum Gasteiger partial charge on any atom is 0.254 e. The second-order valence-electron chi connectivity index (χ2n) is 9.85. The number of hydrogen-bond donors (Lipinski definition) is 1. The van der Waals surface area contributed by atoms with Gasteiger partial charge in [-0.1, -0.05) is 25.7 Å². The van der Waals surface area contributed by atoms with E-state index in [4.69, 9.17) is 15.2 Å². The van der Waals surface area contributed by atoms with Crippen LogP contribution in [0.5, 0.6) is 0 Å². The highest BCUT2D eigenvalue weighted by Gasteiger charge is 2.23. The summed E-state index contributed by atoms with van der Waals surface area (Å²) in [6, 6.07) is 8.12. The molecule has 2 aromatic rings. The summed E-state index contributed by atoms with van der Waals surface area (Å²) < 4.78 is 13.3. The normalized spacial score (nSPS) is 16.3. The number of aromatic nitrogens is 1. The fourth-order valence-corrected chi connectivity index (χ4v) is 4.72. The van der Waals surface area contributed by atoms with Crippen molar-refractivity contribution in [3.05, 3.63) is 47.2 Å². The quantitative estimate of drug-likeness (QED) is 0.259. The van der Waals surface area contributed by atoms with Gasteiger partial charge in [0.15, 0.2) is 0 Å². The Morgan fingerprint density at radius 2 is 1.91 bits per heavy atom. The van der Waals surface area contributed by atoms with Crippen molar-refractivity contribution >= 4 is 30.7 Å². The number of benzene rings is 1. The third kappa shape index (κ3) is 6.20. The molecule has 1 amide bonds. The van der Waals surface area contributed by atoms with Crippen molar-refractivity contribution in [2.24, 2.45) is 5.73 Å². The van der Waals surface area contributed by atoms with Crippen LogP contribution < -0.4 is 5.73 Å². The smallest absolute Gasteiger partial charge is 0.254 e. The highest BCUT2D eigenvalue weighted by atomic mass is 28.3. The Morgan fingerprint density at radius 1 is 1.21 bits per heavy atom. The SMILES string of the molecule is CC=C(C(=O)c1cc2cc(C(=O)N3CCOCC3)ccc2n1COCC[Si](C)(C)C)C(C)N. The minimum absolute atomic E-state index is 0.0167. The molecule has 0 spiro atoms. The van der Waals surface area contributed by atoms with Gasteiger partial charge in [0, 0.05) is 50.3 Å². The molecule has 1 aromatic carbocycles. The molecule has 1 saturated heterocycles. The molecule has 8 heteroatoms. The monoisotopic (exact) mass is 471 g/mol. The summed E-state index contributed by atoms with van der Waals surface area (Å²) in [5.41, 5.74) is 8.62. The van der Waals surface area contributed by atoms with Gasteiger partial charge in [-0.05, 0) is 44.2 Å². The van der Waals surface area contributed by atoms with Crippen molar-refractivity contribution in [1.29, 1.82) is 0 Å². The maximum atomic E-state index is 13.4. The van der Waals surface area contributed by atoms with E-state index in [0.717, 1.165) is 16.9 Å². The minimum Gasteiger partial charge on any atom is -0.378 e. The van der Waals surface area contributed by atoms with E-state index in [9.17, 15) is 9.59 Å². The van der Waals surface area contributed by atoms with Crippen molar-refractivity contribution in [2.75, 3.05) is 32.9 Å². The number of hydrogen-bond acceptors (Lipinski definition) is 5. The third-order valence-electron chi connectivity index (χ3n) is 5.96. The molecular formula is C25H37N3O4Si. The van der Waals surface area contributed by atoms with Crippen LogP contribution in [0.15, 0.2) is 35.9 Å². The lowest BCUT2D eigenvalue weighted by atomic mass is 10.0. The van der Waals surface area contributed by atoms with Crippen molar-refractivity contribution in [3.8, 4) is 0 Å². The molecule has 180 valence electrons. The highest BCUT2D eigenvalue weighted by molar-refractivity contribution is 6.76. The van der Waals surface area contributed by atoms with Crippen molar-refractivity contribution in [3.63, 3.8) is 0 Å². The van der Waals surface area contributed by atoms with E-state index >= 15 is 0 Å².